The van der Waals surface area contributed by atoms with E-state index in [4.69, 9.17) is 0 Å². The summed E-state index contributed by atoms with van der Waals surface area (Å²) >= 11 is 7.53. The van der Waals surface area contributed by atoms with Crippen LogP contribution in [0.25, 0.3) is 10.8 Å². The Hall–Kier alpha value is -1.12. The molecule has 0 aliphatic carbocycles. The molecule has 3 aromatic rings. The molecule has 1 atom stereocenters. The zero-order chi connectivity index (χ0) is 15.0. The zero-order valence-corrected chi connectivity index (χ0v) is 15.2. The molecule has 106 valence electrons. The first-order chi connectivity index (χ1) is 10.1. The van der Waals surface area contributed by atoms with Gasteiger partial charge in [0, 0.05) is 4.47 Å². The number of benzene rings is 3. The van der Waals surface area contributed by atoms with Gasteiger partial charge in [0.25, 0.3) is 0 Å². The molecule has 0 saturated heterocycles. The summed E-state index contributed by atoms with van der Waals surface area (Å²) in [5.41, 5.74) is 5.26. The fourth-order valence-electron chi connectivity index (χ4n) is 2.61. The first-order valence-corrected chi connectivity index (χ1v) is 8.67. The predicted molar refractivity (Wildman–Crippen MR) is 98.3 cm³/mol. The molecule has 3 aromatic carbocycles. The molecular formula is C19H16Br2. The number of alkyl halides is 1. The number of fused-ring (bicyclic) bond motifs is 1. The Morgan fingerprint density at radius 1 is 0.810 bits per heavy atom. The van der Waals surface area contributed by atoms with E-state index in [1.807, 2.05) is 0 Å². The highest BCUT2D eigenvalue weighted by atomic mass is 79.9. The van der Waals surface area contributed by atoms with Crippen LogP contribution in [0.15, 0.2) is 59.1 Å². The van der Waals surface area contributed by atoms with E-state index in [9.17, 15) is 0 Å². The summed E-state index contributed by atoms with van der Waals surface area (Å²) in [6, 6.07) is 19.5. The second kappa shape index (κ2) is 5.94. The van der Waals surface area contributed by atoms with E-state index in [2.05, 4.69) is 100 Å². The number of hydrogen-bond donors (Lipinski definition) is 0. The third kappa shape index (κ3) is 2.79. The van der Waals surface area contributed by atoms with Gasteiger partial charge >= 0.3 is 0 Å². The summed E-state index contributed by atoms with van der Waals surface area (Å²) in [5.74, 6) is 0. The molecule has 0 aromatic heterocycles. The Bertz CT molecular complexity index is 806. The highest BCUT2D eigenvalue weighted by Crippen LogP contribution is 2.38. The molecule has 0 bridgehead atoms. The molecule has 21 heavy (non-hydrogen) atoms. The van der Waals surface area contributed by atoms with Crippen LogP contribution in [0.5, 0.6) is 0 Å². The smallest absolute Gasteiger partial charge is 0.0650 e. The summed E-state index contributed by atoms with van der Waals surface area (Å²) in [7, 11) is 0. The van der Waals surface area contributed by atoms with Crippen molar-refractivity contribution in [3.05, 3.63) is 81.3 Å². The van der Waals surface area contributed by atoms with Gasteiger partial charge in [0.05, 0.1) is 4.83 Å². The van der Waals surface area contributed by atoms with Crippen LogP contribution in [0.2, 0.25) is 0 Å². The molecule has 0 N–H and O–H groups in total. The lowest BCUT2D eigenvalue weighted by molar-refractivity contribution is 1.17. The molecule has 0 fully saturated rings. The van der Waals surface area contributed by atoms with E-state index >= 15 is 0 Å². The van der Waals surface area contributed by atoms with Crippen LogP contribution in [0.1, 0.15) is 27.1 Å². The Kier molecular flexibility index (Phi) is 4.19. The average Bonchev–Trinajstić information content (AvgIpc) is 2.50. The predicted octanol–water partition coefficient (Wildman–Crippen LogP) is 6.70. The van der Waals surface area contributed by atoms with Crippen molar-refractivity contribution in [3.63, 3.8) is 0 Å². The zero-order valence-electron chi connectivity index (χ0n) is 12.0. The molecule has 0 heterocycles. The minimum absolute atomic E-state index is 0.204. The van der Waals surface area contributed by atoms with Gasteiger partial charge in [0.15, 0.2) is 0 Å². The molecule has 0 spiro atoms. The largest absolute Gasteiger partial charge is 0.0786 e. The lowest BCUT2D eigenvalue weighted by atomic mass is 9.96. The average molecular weight is 404 g/mol. The molecule has 0 aliphatic heterocycles. The van der Waals surface area contributed by atoms with Gasteiger partial charge in [0.2, 0.25) is 0 Å². The monoisotopic (exact) mass is 402 g/mol. The van der Waals surface area contributed by atoms with Crippen molar-refractivity contribution < 1.29 is 0 Å². The van der Waals surface area contributed by atoms with Crippen molar-refractivity contribution in [3.8, 4) is 0 Å². The lowest BCUT2D eigenvalue weighted by Crippen LogP contribution is -1.96. The van der Waals surface area contributed by atoms with E-state index in [-0.39, 0.29) is 4.83 Å². The molecule has 0 radical (unpaired) electrons. The Labute approximate surface area is 142 Å². The standard InChI is InChI=1S/C19H16Br2/c1-12-7-8-14(11-13(12)2)19(21)17-9-10-18(20)16-6-4-3-5-15(16)17/h3-11,19H,1-2H3. The Morgan fingerprint density at radius 3 is 2.24 bits per heavy atom. The van der Waals surface area contributed by atoms with Crippen molar-refractivity contribution in [2.75, 3.05) is 0 Å². The number of aryl methyl sites for hydroxylation is 2. The SMILES string of the molecule is Cc1ccc(C(Br)c2ccc(Br)c3ccccc23)cc1C. The van der Waals surface area contributed by atoms with Gasteiger partial charge in [-0.3, -0.25) is 0 Å². The fraction of sp³-hybridized carbons (Fsp3) is 0.158. The van der Waals surface area contributed by atoms with Crippen molar-refractivity contribution >= 4 is 42.6 Å². The van der Waals surface area contributed by atoms with E-state index in [0.29, 0.717) is 0 Å². The molecule has 0 aliphatic rings. The first kappa shape index (κ1) is 14.8. The summed E-state index contributed by atoms with van der Waals surface area (Å²) in [5, 5.41) is 2.54. The van der Waals surface area contributed by atoms with Crippen LogP contribution in [0.3, 0.4) is 0 Å². The Morgan fingerprint density at radius 2 is 1.52 bits per heavy atom. The van der Waals surface area contributed by atoms with Crippen molar-refractivity contribution in [2.24, 2.45) is 0 Å². The molecule has 1 unspecified atom stereocenters. The number of hydrogen-bond acceptors (Lipinski definition) is 0. The molecule has 3 rings (SSSR count). The highest BCUT2D eigenvalue weighted by Gasteiger charge is 2.15. The maximum atomic E-state index is 3.88. The van der Waals surface area contributed by atoms with Crippen molar-refractivity contribution in [1.29, 1.82) is 0 Å². The summed E-state index contributed by atoms with van der Waals surface area (Å²) in [4.78, 5) is 0.204. The lowest BCUT2D eigenvalue weighted by Gasteiger charge is -2.16. The maximum Gasteiger partial charge on any atom is 0.0650 e. The van der Waals surface area contributed by atoms with Crippen molar-refractivity contribution in [2.45, 2.75) is 18.7 Å². The van der Waals surface area contributed by atoms with Gasteiger partial charge in [-0.1, -0.05) is 80.4 Å². The summed E-state index contributed by atoms with van der Waals surface area (Å²) < 4.78 is 1.14. The molecule has 2 heteroatoms. The van der Waals surface area contributed by atoms with E-state index < -0.39 is 0 Å². The van der Waals surface area contributed by atoms with Gasteiger partial charge in [-0.05, 0) is 52.9 Å². The molecule has 0 nitrogen and oxygen atoms in total. The first-order valence-electron chi connectivity index (χ1n) is 6.96. The third-order valence-electron chi connectivity index (χ3n) is 4.00. The second-order valence-corrected chi connectivity index (χ2v) is 7.16. The number of rotatable bonds is 2. The minimum Gasteiger partial charge on any atom is -0.0786 e. The van der Waals surface area contributed by atoms with Gasteiger partial charge < -0.3 is 0 Å². The van der Waals surface area contributed by atoms with Crippen LogP contribution < -0.4 is 0 Å². The van der Waals surface area contributed by atoms with Gasteiger partial charge in [-0.15, -0.1) is 0 Å². The highest BCUT2D eigenvalue weighted by molar-refractivity contribution is 9.10. The number of halogens is 2. The van der Waals surface area contributed by atoms with Gasteiger partial charge in [-0.25, -0.2) is 0 Å². The fourth-order valence-corrected chi connectivity index (χ4v) is 3.77. The maximum absolute atomic E-state index is 3.88. The summed E-state index contributed by atoms with van der Waals surface area (Å²) in [6.45, 7) is 4.32. The Balaban J connectivity index is 2.15. The van der Waals surface area contributed by atoms with E-state index in [1.165, 1.54) is 33.0 Å². The van der Waals surface area contributed by atoms with Crippen LogP contribution in [0, 0.1) is 13.8 Å². The van der Waals surface area contributed by atoms with Gasteiger partial charge in [-0.2, -0.15) is 0 Å². The van der Waals surface area contributed by atoms with E-state index in [0.717, 1.165) is 4.47 Å². The van der Waals surface area contributed by atoms with E-state index in [1.54, 1.807) is 0 Å². The molecule has 0 amide bonds. The minimum atomic E-state index is 0.204. The second-order valence-electron chi connectivity index (χ2n) is 5.39. The van der Waals surface area contributed by atoms with Crippen LogP contribution in [-0.2, 0) is 0 Å². The normalized spacial score (nSPS) is 12.6. The molecule has 0 saturated carbocycles. The topological polar surface area (TPSA) is 0 Å². The van der Waals surface area contributed by atoms with Crippen LogP contribution in [0.4, 0.5) is 0 Å². The quantitative estimate of drug-likeness (QED) is 0.417. The van der Waals surface area contributed by atoms with Crippen LogP contribution in [-0.4, -0.2) is 0 Å². The summed E-state index contributed by atoms with van der Waals surface area (Å²) in [6.07, 6.45) is 0. The van der Waals surface area contributed by atoms with Crippen molar-refractivity contribution in [1.82, 2.24) is 0 Å². The van der Waals surface area contributed by atoms with Gasteiger partial charge in [0.1, 0.15) is 0 Å². The molecular weight excluding hydrogens is 388 g/mol. The van der Waals surface area contributed by atoms with Crippen LogP contribution >= 0.6 is 31.9 Å². The third-order valence-corrected chi connectivity index (χ3v) is 5.71.